The topological polar surface area (TPSA) is 167 Å². The maximum atomic E-state index is 12.9. The molecule has 2 aliphatic heterocycles. The molecule has 1 unspecified atom stereocenters. The molecule has 2 aliphatic rings. The summed E-state index contributed by atoms with van der Waals surface area (Å²) in [5, 5.41) is 16.7. The fourth-order valence-electron chi connectivity index (χ4n) is 5.28. The number of nitrogens with two attached hydrogens (primary N) is 2. The minimum atomic E-state index is -0.0900. The second kappa shape index (κ2) is 10.8. The average Bonchev–Trinajstić information content (AvgIpc) is 3.39. The van der Waals surface area contributed by atoms with Crippen molar-refractivity contribution < 1.29 is 9.21 Å². The van der Waals surface area contributed by atoms with E-state index in [1.807, 2.05) is 4.90 Å². The Labute approximate surface area is 225 Å². The molecule has 4 N–H and O–H groups in total. The predicted molar refractivity (Wildman–Crippen MR) is 142 cm³/mol. The van der Waals surface area contributed by atoms with Crippen LogP contribution in [0.1, 0.15) is 42.1 Å². The lowest BCUT2D eigenvalue weighted by Crippen LogP contribution is -2.58. The van der Waals surface area contributed by atoms with Gasteiger partial charge >= 0.3 is 6.01 Å². The average molecular weight is 537 g/mol. The number of nitrogens with zero attached hydrogens (tertiary/aromatic N) is 8. The molecule has 0 spiro atoms. The van der Waals surface area contributed by atoms with E-state index in [9.17, 15) is 4.79 Å². The molecule has 4 heterocycles. The Bertz CT molecular complexity index is 1350. The van der Waals surface area contributed by atoms with Gasteiger partial charge in [0.15, 0.2) is 22.5 Å². The number of aromatic nitrogens is 4. The summed E-state index contributed by atoms with van der Waals surface area (Å²) in [4.78, 5) is 28.4. The van der Waals surface area contributed by atoms with E-state index in [-0.39, 0.29) is 34.5 Å². The number of nitrogen functional groups attached to an aromatic ring is 2. The Balaban J connectivity index is 1.22. The van der Waals surface area contributed by atoms with Gasteiger partial charge < -0.3 is 25.7 Å². The lowest BCUT2D eigenvalue weighted by molar-refractivity contribution is 0.0491. The summed E-state index contributed by atoms with van der Waals surface area (Å²) in [6, 6.07) is 9.51. The van der Waals surface area contributed by atoms with Crippen LogP contribution in [0.15, 0.2) is 28.7 Å². The molecule has 0 saturated carbocycles. The second-order valence-electron chi connectivity index (χ2n) is 9.48. The standard InChI is InChI=1S/C25H29ClN10O2/c1-2-17-14-35(22-20(26)30-19(21(28)31-22)23-32-33-25(29)38-23)11-12-36(17)18-7-9-34(10-8-18)24(37)16-5-3-15(13-27)4-6-16/h3-6,17-18H,2,7-12,14H2,1H3,(H2,28,31)(H2,29,33). The summed E-state index contributed by atoms with van der Waals surface area (Å²) in [5.74, 6) is 0.757. The van der Waals surface area contributed by atoms with Gasteiger partial charge in [-0.1, -0.05) is 23.6 Å². The molecule has 3 aromatic rings. The van der Waals surface area contributed by atoms with Gasteiger partial charge in [0.1, 0.15) is 0 Å². The van der Waals surface area contributed by atoms with E-state index in [4.69, 9.17) is 32.7 Å². The monoisotopic (exact) mass is 536 g/mol. The van der Waals surface area contributed by atoms with E-state index in [0.717, 1.165) is 38.9 Å². The van der Waals surface area contributed by atoms with Crippen molar-refractivity contribution in [3.63, 3.8) is 0 Å². The summed E-state index contributed by atoms with van der Waals surface area (Å²) in [6.07, 6.45) is 2.78. The van der Waals surface area contributed by atoms with Crippen LogP contribution < -0.4 is 16.4 Å². The third-order valence-corrected chi connectivity index (χ3v) is 7.54. The van der Waals surface area contributed by atoms with Crippen molar-refractivity contribution in [1.29, 1.82) is 5.26 Å². The van der Waals surface area contributed by atoms with Crippen molar-refractivity contribution in [2.24, 2.45) is 0 Å². The number of anilines is 3. The van der Waals surface area contributed by atoms with Gasteiger partial charge in [0.25, 0.3) is 11.8 Å². The maximum absolute atomic E-state index is 12.9. The molecule has 0 aliphatic carbocycles. The number of piperidine rings is 1. The highest BCUT2D eigenvalue weighted by molar-refractivity contribution is 6.32. The number of benzene rings is 1. The first kappa shape index (κ1) is 25.7. The van der Waals surface area contributed by atoms with Crippen molar-refractivity contribution in [2.75, 3.05) is 49.1 Å². The van der Waals surface area contributed by atoms with Crippen LogP contribution in [0.5, 0.6) is 0 Å². The number of nitriles is 1. The molecule has 12 nitrogen and oxygen atoms in total. The summed E-state index contributed by atoms with van der Waals surface area (Å²) in [6.45, 7) is 5.89. The first-order chi connectivity index (χ1) is 18.4. The van der Waals surface area contributed by atoms with E-state index in [2.05, 4.69) is 43.0 Å². The Morgan fingerprint density at radius 1 is 1.13 bits per heavy atom. The molecule has 2 saturated heterocycles. The fraction of sp³-hybridized carbons (Fsp3) is 0.440. The molecule has 1 atom stereocenters. The van der Waals surface area contributed by atoms with E-state index in [0.29, 0.717) is 42.1 Å². The van der Waals surface area contributed by atoms with Crippen molar-refractivity contribution in [3.8, 4) is 17.7 Å². The summed E-state index contributed by atoms with van der Waals surface area (Å²) >= 11 is 6.52. The van der Waals surface area contributed by atoms with Crippen molar-refractivity contribution in [2.45, 2.75) is 38.3 Å². The second-order valence-corrected chi connectivity index (χ2v) is 9.83. The number of piperazine rings is 1. The van der Waals surface area contributed by atoms with E-state index in [1.54, 1.807) is 24.3 Å². The zero-order valence-corrected chi connectivity index (χ0v) is 21.8. The van der Waals surface area contributed by atoms with Gasteiger partial charge in [0, 0.05) is 50.4 Å². The third-order valence-electron chi connectivity index (χ3n) is 7.29. The molecular formula is C25H29ClN10O2. The Kier molecular flexibility index (Phi) is 7.31. The van der Waals surface area contributed by atoms with Crippen LogP contribution >= 0.6 is 11.6 Å². The maximum Gasteiger partial charge on any atom is 0.313 e. The molecular weight excluding hydrogens is 508 g/mol. The van der Waals surface area contributed by atoms with Crippen molar-refractivity contribution in [1.82, 2.24) is 30.0 Å². The molecule has 38 heavy (non-hydrogen) atoms. The van der Waals surface area contributed by atoms with Crippen LogP contribution in [0.25, 0.3) is 11.6 Å². The van der Waals surface area contributed by atoms with Crippen LogP contribution in [-0.2, 0) is 0 Å². The SMILES string of the molecule is CCC1CN(c2nc(N)c(-c3nnc(N)o3)nc2Cl)CCN1C1CCN(C(=O)c2ccc(C#N)cc2)CC1. The zero-order valence-electron chi connectivity index (χ0n) is 21.0. The molecule has 0 radical (unpaired) electrons. The van der Waals surface area contributed by atoms with Gasteiger partial charge in [-0.15, -0.1) is 5.10 Å². The molecule has 5 rings (SSSR count). The first-order valence-electron chi connectivity index (χ1n) is 12.6. The van der Waals surface area contributed by atoms with Gasteiger partial charge in [-0.25, -0.2) is 9.97 Å². The number of rotatable bonds is 5. The fourth-order valence-corrected chi connectivity index (χ4v) is 5.53. The molecule has 2 fully saturated rings. The molecule has 13 heteroatoms. The minimum absolute atomic E-state index is 0.0160. The normalized spacial score (nSPS) is 18.9. The van der Waals surface area contributed by atoms with E-state index in [1.165, 1.54) is 0 Å². The number of likely N-dealkylation sites (tertiary alicyclic amines) is 1. The van der Waals surface area contributed by atoms with E-state index < -0.39 is 0 Å². The highest BCUT2D eigenvalue weighted by Crippen LogP contribution is 2.32. The Hall–Kier alpha value is -3.95. The number of halogens is 1. The molecule has 0 bridgehead atoms. The smallest absolute Gasteiger partial charge is 0.313 e. The summed E-state index contributed by atoms with van der Waals surface area (Å²) in [7, 11) is 0. The quantitative estimate of drug-likeness (QED) is 0.491. The van der Waals surface area contributed by atoms with Crippen LogP contribution in [0.2, 0.25) is 5.15 Å². The molecule has 1 aromatic carbocycles. The Morgan fingerprint density at radius 2 is 1.87 bits per heavy atom. The van der Waals surface area contributed by atoms with E-state index >= 15 is 0 Å². The van der Waals surface area contributed by atoms with Crippen LogP contribution in [0.4, 0.5) is 17.7 Å². The van der Waals surface area contributed by atoms with Gasteiger partial charge in [-0.3, -0.25) is 9.69 Å². The predicted octanol–water partition coefficient (Wildman–Crippen LogP) is 2.42. The van der Waals surface area contributed by atoms with Crippen LogP contribution in [0.3, 0.4) is 0 Å². The number of hydrogen-bond acceptors (Lipinski definition) is 11. The lowest BCUT2D eigenvalue weighted by atomic mass is 9.97. The highest BCUT2D eigenvalue weighted by atomic mass is 35.5. The minimum Gasteiger partial charge on any atom is -0.402 e. The van der Waals surface area contributed by atoms with Crippen LogP contribution in [0, 0.1) is 11.3 Å². The summed E-state index contributed by atoms with van der Waals surface area (Å²) < 4.78 is 5.22. The van der Waals surface area contributed by atoms with Gasteiger partial charge in [-0.2, -0.15) is 5.26 Å². The largest absolute Gasteiger partial charge is 0.402 e. The number of hydrogen-bond donors (Lipinski definition) is 2. The van der Waals surface area contributed by atoms with Crippen molar-refractivity contribution >= 4 is 35.2 Å². The highest BCUT2D eigenvalue weighted by Gasteiger charge is 2.35. The third kappa shape index (κ3) is 5.07. The lowest BCUT2D eigenvalue weighted by Gasteiger charge is -2.47. The van der Waals surface area contributed by atoms with Crippen LogP contribution in [-0.4, -0.2) is 80.7 Å². The van der Waals surface area contributed by atoms with Gasteiger partial charge in [0.05, 0.1) is 11.6 Å². The molecule has 2 aromatic heterocycles. The van der Waals surface area contributed by atoms with Crippen molar-refractivity contribution in [3.05, 3.63) is 40.5 Å². The Morgan fingerprint density at radius 3 is 2.50 bits per heavy atom. The van der Waals surface area contributed by atoms with Gasteiger partial charge in [-0.05, 0) is 43.5 Å². The number of carbonyl (C=O) groups excluding carboxylic acids is 1. The molecule has 198 valence electrons. The molecule has 1 amide bonds. The van der Waals surface area contributed by atoms with Gasteiger partial charge in [0.2, 0.25) is 0 Å². The number of carbonyl (C=O) groups is 1. The first-order valence-corrected chi connectivity index (χ1v) is 13.0. The summed E-state index contributed by atoms with van der Waals surface area (Å²) in [5.41, 5.74) is 13.0. The zero-order chi connectivity index (χ0) is 26.8. The number of amides is 1.